The Bertz CT molecular complexity index is 426. The molecule has 2 N–H and O–H groups in total. The second kappa shape index (κ2) is 4.55. The molecule has 0 atom stereocenters. The fourth-order valence-corrected chi connectivity index (χ4v) is 5.24. The van der Waals surface area contributed by atoms with Crippen LogP contribution in [0.1, 0.15) is 49.4 Å². The summed E-state index contributed by atoms with van der Waals surface area (Å²) in [7, 11) is 0. The zero-order valence-corrected chi connectivity index (χ0v) is 11.5. The van der Waals surface area contributed by atoms with E-state index in [9.17, 15) is 0 Å². The molecule has 3 heteroatoms. The van der Waals surface area contributed by atoms with Gasteiger partial charge >= 0.3 is 0 Å². The molecule has 102 valence electrons. The first-order valence-electron chi connectivity index (χ1n) is 7.86. The van der Waals surface area contributed by atoms with Crippen LogP contribution in [0.3, 0.4) is 0 Å². The van der Waals surface area contributed by atoms with Gasteiger partial charge in [-0.25, -0.2) is 0 Å². The molecular formula is C16H23N3. The molecule has 4 aliphatic carbocycles. The van der Waals surface area contributed by atoms with E-state index in [0.717, 1.165) is 35.8 Å². The summed E-state index contributed by atoms with van der Waals surface area (Å²) in [5.74, 6) is 4.55. The summed E-state index contributed by atoms with van der Waals surface area (Å²) in [4.78, 5) is 0. The molecule has 19 heavy (non-hydrogen) atoms. The molecule has 0 unspecified atom stereocenters. The van der Waals surface area contributed by atoms with Crippen molar-refractivity contribution in [3.8, 4) is 0 Å². The van der Waals surface area contributed by atoms with Crippen LogP contribution in [0.4, 0.5) is 0 Å². The van der Waals surface area contributed by atoms with E-state index in [1.165, 1.54) is 37.8 Å². The van der Waals surface area contributed by atoms with Crippen molar-refractivity contribution in [3.05, 3.63) is 23.5 Å². The van der Waals surface area contributed by atoms with Crippen LogP contribution in [0.15, 0.2) is 12.1 Å². The van der Waals surface area contributed by atoms with Crippen molar-refractivity contribution in [2.45, 2.75) is 44.4 Å². The van der Waals surface area contributed by atoms with Crippen molar-refractivity contribution in [3.63, 3.8) is 0 Å². The molecule has 4 bridgehead atoms. The van der Waals surface area contributed by atoms with Gasteiger partial charge in [-0.3, -0.25) is 0 Å². The van der Waals surface area contributed by atoms with Gasteiger partial charge < -0.3 is 5.73 Å². The summed E-state index contributed by atoms with van der Waals surface area (Å²) >= 11 is 0. The lowest BCUT2D eigenvalue weighted by Gasteiger charge is -2.54. The van der Waals surface area contributed by atoms with Gasteiger partial charge in [-0.05, 0) is 74.5 Å². The van der Waals surface area contributed by atoms with Gasteiger partial charge in [0.1, 0.15) is 0 Å². The Kier molecular flexibility index (Phi) is 2.83. The van der Waals surface area contributed by atoms with Crippen molar-refractivity contribution in [2.75, 3.05) is 6.54 Å². The van der Waals surface area contributed by atoms with Crippen LogP contribution in [0.25, 0.3) is 0 Å². The van der Waals surface area contributed by atoms with E-state index in [1.54, 1.807) is 0 Å². The molecule has 4 fully saturated rings. The Hall–Kier alpha value is -0.960. The van der Waals surface area contributed by atoms with Crippen molar-refractivity contribution in [1.29, 1.82) is 0 Å². The first-order chi connectivity index (χ1) is 9.33. The second-order valence-electron chi connectivity index (χ2n) is 6.94. The minimum Gasteiger partial charge on any atom is -0.330 e. The molecule has 0 aliphatic heterocycles. The van der Waals surface area contributed by atoms with Crippen LogP contribution < -0.4 is 5.73 Å². The lowest BCUT2D eigenvalue weighted by Crippen LogP contribution is -2.44. The van der Waals surface area contributed by atoms with Gasteiger partial charge in [0.25, 0.3) is 0 Å². The number of hydrogen-bond acceptors (Lipinski definition) is 3. The third kappa shape index (κ3) is 1.99. The Labute approximate surface area is 115 Å². The smallest absolute Gasteiger partial charge is 0.0667 e. The maximum Gasteiger partial charge on any atom is 0.0667 e. The normalized spacial score (nSPS) is 39.7. The summed E-state index contributed by atoms with van der Waals surface area (Å²) < 4.78 is 0. The largest absolute Gasteiger partial charge is 0.330 e. The van der Waals surface area contributed by atoms with Crippen LogP contribution >= 0.6 is 0 Å². The van der Waals surface area contributed by atoms with E-state index in [-0.39, 0.29) is 0 Å². The summed E-state index contributed by atoms with van der Waals surface area (Å²) in [6, 6.07) is 4.37. The van der Waals surface area contributed by atoms with Crippen molar-refractivity contribution >= 4 is 0 Å². The molecule has 0 amide bonds. The SMILES string of the molecule is NCCc1ccc(C2C3CC4CC(C3)CC2C4)nn1. The minimum atomic E-state index is 0.659. The number of nitrogens with two attached hydrogens (primary N) is 1. The van der Waals surface area contributed by atoms with E-state index in [0.29, 0.717) is 12.5 Å². The first-order valence-corrected chi connectivity index (χ1v) is 7.86. The van der Waals surface area contributed by atoms with E-state index >= 15 is 0 Å². The maximum absolute atomic E-state index is 5.57. The van der Waals surface area contributed by atoms with Gasteiger partial charge in [0.2, 0.25) is 0 Å². The molecule has 1 aromatic rings. The lowest BCUT2D eigenvalue weighted by molar-refractivity contribution is -0.00445. The van der Waals surface area contributed by atoms with Crippen LogP contribution in [0.5, 0.6) is 0 Å². The third-order valence-electron chi connectivity index (χ3n) is 5.71. The summed E-state index contributed by atoms with van der Waals surface area (Å²) in [6.45, 7) is 0.659. The van der Waals surface area contributed by atoms with Gasteiger partial charge in [-0.1, -0.05) is 0 Å². The van der Waals surface area contributed by atoms with Crippen LogP contribution in [-0.2, 0) is 6.42 Å². The highest BCUT2D eigenvalue weighted by Gasteiger charge is 2.49. The van der Waals surface area contributed by atoms with Crippen LogP contribution in [0, 0.1) is 23.7 Å². The van der Waals surface area contributed by atoms with Gasteiger partial charge in [0.05, 0.1) is 11.4 Å². The summed E-state index contributed by atoms with van der Waals surface area (Å²) in [6.07, 6.45) is 8.15. The molecule has 1 heterocycles. The molecule has 1 aromatic heterocycles. The van der Waals surface area contributed by atoms with Crippen LogP contribution in [0.2, 0.25) is 0 Å². The summed E-state index contributed by atoms with van der Waals surface area (Å²) in [5.41, 5.74) is 7.86. The number of aromatic nitrogens is 2. The zero-order chi connectivity index (χ0) is 12.8. The second-order valence-corrected chi connectivity index (χ2v) is 6.94. The molecule has 0 aromatic carbocycles. The Morgan fingerprint density at radius 2 is 1.63 bits per heavy atom. The van der Waals surface area contributed by atoms with E-state index in [1.807, 2.05) is 0 Å². The average molecular weight is 257 g/mol. The Morgan fingerprint density at radius 3 is 2.16 bits per heavy atom. The van der Waals surface area contributed by atoms with Gasteiger partial charge in [-0.2, -0.15) is 10.2 Å². The Morgan fingerprint density at radius 1 is 0.947 bits per heavy atom. The molecule has 0 spiro atoms. The third-order valence-corrected chi connectivity index (χ3v) is 5.71. The van der Waals surface area contributed by atoms with E-state index in [2.05, 4.69) is 22.3 Å². The molecule has 0 saturated heterocycles. The lowest BCUT2D eigenvalue weighted by atomic mass is 9.51. The highest BCUT2D eigenvalue weighted by atomic mass is 15.1. The van der Waals surface area contributed by atoms with Crippen molar-refractivity contribution in [2.24, 2.45) is 29.4 Å². The van der Waals surface area contributed by atoms with Gasteiger partial charge in [0.15, 0.2) is 0 Å². The molecular weight excluding hydrogens is 234 g/mol. The summed E-state index contributed by atoms with van der Waals surface area (Å²) in [5, 5.41) is 8.91. The fourth-order valence-electron chi connectivity index (χ4n) is 5.24. The fraction of sp³-hybridized carbons (Fsp3) is 0.750. The first kappa shape index (κ1) is 11.8. The quantitative estimate of drug-likeness (QED) is 0.905. The standard InChI is InChI=1S/C16H23N3/c17-4-3-14-1-2-15(19-18-14)16-12-6-10-5-11(8-12)9-13(16)7-10/h1-2,10-13,16H,3-9,17H2. The molecule has 0 radical (unpaired) electrons. The van der Waals surface area contributed by atoms with Gasteiger partial charge in [0, 0.05) is 12.3 Å². The maximum atomic E-state index is 5.57. The molecule has 3 nitrogen and oxygen atoms in total. The number of nitrogens with zero attached hydrogens (tertiary/aromatic N) is 2. The highest BCUT2D eigenvalue weighted by molar-refractivity contribution is 5.17. The number of rotatable bonds is 3. The predicted octanol–water partition coefficient (Wildman–Crippen LogP) is 2.52. The minimum absolute atomic E-state index is 0.659. The van der Waals surface area contributed by atoms with E-state index < -0.39 is 0 Å². The zero-order valence-electron chi connectivity index (χ0n) is 11.5. The molecule has 5 rings (SSSR count). The topological polar surface area (TPSA) is 51.8 Å². The van der Waals surface area contributed by atoms with Gasteiger partial charge in [-0.15, -0.1) is 0 Å². The number of hydrogen-bond donors (Lipinski definition) is 1. The Balaban J connectivity index is 1.58. The van der Waals surface area contributed by atoms with Crippen molar-refractivity contribution < 1.29 is 0 Å². The van der Waals surface area contributed by atoms with Crippen LogP contribution in [-0.4, -0.2) is 16.7 Å². The highest BCUT2D eigenvalue weighted by Crippen LogP contribution is 2.59. The van der Waals surface area contributed by atoms with Crippen molar-refractivity contribution in [1.82, 2.24) is 10.2 Å². The monoisotopic (exact) mass is 257 g/mol. The predicted molar refractivity (Wildman–Crippen MR) is 74.6 cm³/mol. The molecule has 4 saturated carbocycles. The van der Waals surface area contributed by atoms with E-state index in [4.69, 9.17) is 5.73 Å². The average Bonchev–Trinajstić information content (AvgIpc) is 2.40. The molecule has 4 aliphatic rings.